The van der Waals surface area contributed by atoms with Crippen molar-refractivity contribution >= 4 is 37.7 Å². The molecular formula is C8H12BrN5O3S. The molecule has 8 nitrogen and oxygen atoms in total. The number of hydrogen-bond donors (Lipinski definition) is 4. The summed E-state index contributed by atoms with van der Waals surface area (Å²) < 4.78 is 26.5. The molecule has 1 aromatic rings. The van der Waals surface area contributed by atoms with E-state index in [1.807, 2.05) is 0 Å². The molecule has 0 bridgehead atoms. The number of anilines is 1. The largest absolute Gasteiger partial charge is 0.358 e. The molecule has 0 radical (unpaired) electrons. The molecule has 100 valence electrons. The van der Waals surface area contributed by atoms with Gasteiger partial charge < -0.3 is 10.7 Å². The molecule has 5 N–H and O–H groups in total. The number of halogens is 1. The van der Waals surface area contributed by atoms with Gasteiger partial charge in [-0.3, -0.25) is 4.79 Å². The number of nitrogen functional groups attached to an aromatic ring is 1. The zero-order valence-corrected chi connectivity index (χ0v) is 11.8. The standard InChI is InChI=1S/C8H12BrN5O3S/c1-11-7(15)4-13-18(16,17)6-2-5(9)3-12-8(6)14-10/h2-3,13H,4,10H2,1H3,(H,11,15)(H,12,14). The number of aromatic nitrogens is 1. The Bertz CT molecular complexity index is 548. The lowest BCUT2D eigenvalue weighted by Gasteiger charge is -2.10. The second kappa shape index (κ2) is 6.09. The SMILES string of the molecule is CNC(=O)CNS(=O)(=O)c1cc(Br)cnc1NN. The Hall–Kier alpha value is -1.23. The van der Waals surface area contributed by atoms with Crippen molar-refractivity contribution in [2.45, 2.75) is 4.90 Å². The summed E-state index contributed by atoms with van der Waals surface area (Å²) in [5, 5.41) is 2.30. The van der Waals surface area contributed by atoms with Crippen molar-refractivity contribution in [3.63, 3.8) is 0 Å². The van der Waals surface area contributed by atoms with Gasteiger partial charge in [-0.25, -0.2) is 24.0 Å². The Morgan fingerprint density at radius 3 is 2.78 bits per heavy atom. The van der Waals surface area contributed by atoms with Gasteiger partial charge in [-0.15, -0.1) is 0 Å². The van der Waals surface area contributed by atoms with Crippen molar-refractivity contribution < 1.29 is 13.2 Å². The van der Waals surface area contributed by atoms with Crippen molar-refractivity contribution in [2.24, 2.45) is 5.84 Å². The molecule has 0 saturated heterocycles. The van der Waals surface area contributed by atoms with Gasteiger partial charge in [-0.2, -0.15) is 0 Å². The number of hydrazine groups is 1. The third kappa shape index (κ3) is 3.63. The molecule has 0 aliphatic rings. The monoisotopic (exact) mass is 337 g/mol. The van der Waals surface area contributed by atoms with Crippen LogP contribution < -0.4 is 21.3 Å². The summed E-state index contributed by atoms with van der Waals surface area (Å²) in [6.07, 6.45) is 1.40. The van der Waals surface area contributed by atoms with Gasteiger partial charge in [0, 0.05) is 17.7 Å². The fourth-order valence-corrected chi connectivity index (χ4v) is 2.67. The van der Waals surface area contributed by atoms with Crippen molar-refractivity contribution in [3.05, 3.63) is 16.7 Å². The van der Waals surface area contributed by atoms with Gasteiger partial charge in [0.25, 0.3) is 0 Å². The van der Waals surface area contributed by atoms with Crippen molar-refractivity contribution in [3.8, 4) is 0 Å². The Labute approximate surface area is 112 Å². The first kappa shape index (κ1) is 14.8. The van der Waals surface area contributed by atoms with E-state index in [4.69, 9.17) is 5.84 Å². The van der Waals surface area contributed by atoms with Crippen LogP contribution in [0.2, 0.25) is 0 Å². The van der Waals surface area contributed by atoms with E-state index in [0.29, 0.717) is 4.47 Å². The molecule has 0 aliphatic carbocycles. The number of carbonyl (C=O) groups is 1. The molecule has 10 heteroatoms. The van der Waals surface area contributed by atoms with E-state index in [0.717, 1.165) is 0 Å². The van der Waals surface area contributed by atoms with Crippen LogP contribution in [0.1, 0.15) is 0 Å². The van der Waals surface area contributed by atoms with E-state index < -0.39 is 15.9 Å². The number of nitrogens with two attached hydrogens (primary N) is 1. The van der Waals surface area contributed by atoms with Crippen LogP contribution in [0.15, 0.2) is 21.6 Å². The average Bonchev–Trinajstić information content (AvgIpc) is 2.36. The van der Waals surface area contributed by atoms with E-state index in [1.54, 1.807) is 0 Å². The van der Waals surface area contributed by atoms with Crippen LogP contribution in [0.25, 0.3) is 0 Å². The predicted molar refractivity (Wildman–Crippen MR) is 69.0 cm³/mol. The normalized spacial score (nSPS) is 11.1. The minimum atomic E-state index is -3.88. The van der Waals surface area contributed by atoms with Gasteiger partial charge in [-0.05, 0) is 22.0 Å². The van der Waals surface area contributed by atoms with Gasteiger partial charge in [-0.1, -0.05) is 0 Å². The Kier molecular flexibility index (Phi) is 5.02. The van der Waals surface area contributed by atoms with Crippen LogP contribution in [-0.2, 0) is 14.8 Å². The number of rotatable bonds is 5. The molecule has 1 heterocycles. The summed E-state index contributed by atoms with van der Waals surface area (Å²) in [6, 6.07) is 1.33. The second-order valence-corrected chi connectivity index (χ2v) is 5.79. The Balaban J connectivity index is 3.04. The quantitative estimate of drug-likeness (QED) is 0.409. The first-order chi connectivity index (χ1) is 8.40. The summed E-state index contributed by atoms with van der Waals surface area (Å²) in [6.45, 7) is -0.366. The number of pyridine rings is 1. The lowest BCUT2D eigenvalue weighted by atomic mass is 10.5. The summed E-state index contributed by atoms with van der Waals surface area (Å²) in [5.74, 6) is 4.71. The van der Waals surface area contributed by atoms with Crippen LogP contribution in [0.5, 0.6) is 0 Å². The molecule has 1 amide bonds. The average molecular weight is 338 g/mol. The fraction of sp³-hybridized carbons (Fsp3) is 0.250. The Morgan fingerprint density at radius 1 is 1.56 bits per heavy atom. The van der Waals surface area contributed by atoms with Gasteiger partial charge >= 0.3 is 0 Å². The van der Waals surface area contributed by atoms with Crippen molar-refractivity contribution in [1.29, 1.82) is 0 Å². The molecule has 0 spiro atoms. The minimum Gasteiger partial charge on any atom is -0.358 e. The fourth-order valence-electron chi connectivity index (χ4n) is 1.06. The third-order valence-electron chi connectivity index (χ3n) is 1.95. The lowest BCUT2D eigenvalue weighted by Crippen LogP contribution is -2.35. The molecule has 0 aliphatic heterocycles. The zero-order valence-electron chi connectivity index (χ0n) is 9.40. The van der Waals surface area contributed by atoms with Crippen LogP contribution >= 0.6 is 15.9 Å². The van der Waals surface area contributed by atoms with E-state index in [9.17, 15) is 13.2 Å². The second-order valence-electron chi connectivity index (χ2n) is 3.14. The molecule has 1 rings (SSSR count). The lowest BCUT2D eigenvalue weighted by molar-refractivity contribution is -0.119. The molecule has 0 unspecified atom stereocenters. The number of hydrogen-bond acceptors (Lipinski definition) is 6. The highest BCUT2D eigenvalue weighted by Crippen LogP contribution is 2.21. The summed E-state index contributed by atoms with van der Waals surface area (Å²) in [4.78, 5) is 14.7. The number of likely N-dealkylation sites (N-methyl/N-ethyl adjacent to an activating group) is 1. The van der Waals surface area contributed by atoms with Crippen LogP contribution in [0.3, 0.4) is 0 Å². The topological polar surface area (TPSA) is 126 Å². The van der Waals surface area contributed by atoms with E-state index in [-0.39, 0.29) is 17.3 Å². The van der Waals surface area contributed by atoms with Crippen molar-refractivity contribution in [2.75, 3.05) is 19.0 Å². The highest BCUT2D eigenvalue weighted by Gasteiger charge is 2.20. The molecule has 0 saturated carbocycles. The third-order valence-corrected chi connectivity index (χ3v) is 3.80. The van der Waals surface area contributed by atoms with Crippen LogP contribution in [0, 0.1) is 0 Å². The maximum absolute atomic E-state index is 11.9. The maximum atomic E-state index is 11.9. The zero-order chi connectivity index (χ0) is 13.8. The molecular weight excluding hydrogens is 326 g/mol. The number of nitrogens with one attached hydrogen (secondary N) is 3. The van der Waals surface area contributed by atoms with Crippen LogP contribution in [-0.4, -0.2) is 32.9 Å². The van der Waals surface area contributed by atoms with E-state index >= 15 is 0 Å². The van der Waals surface area contributed by atoms with E-state index in [2.05, 4.69) is 36.4 Å². The highest BCUT2D eigenvalue weighted by molar-refractivity contribution is 9.10. The summed E-state index contributed by atoms with van der Waals surface area (Å²) in [5.41, 5.74) is 2.18. The number of amides is 1. The summed E-state index contributed by atoms with van der Waals surface area (Å²) >= 11 is 3.11. The first-order valence-electron chi connectivity index (χ1n) is 4.73. The number of sulfonamides is 1. The number of nitrogens with zero attached hydrogens (tertiary/aromatic N) is 1. The molecule has 1 aromatic heterocycles. The van der Waals surface area contributed by atoms with Crippen LogP contribution in [0.4, 0.5) is 5.82 Å². The molecule has 0 aromatic carbocycles. The smallest absolute Gasteiger partial charge is 0.244 e. The highest BCUT2D eigenvalue weighted by atomic mass is 79.9. The molecule has 0 atom stereocenters. The number of carbonyl (C=O) groups excluding carboxylic acids is 1. The minimum absolute atomic E-state index is 0.0115. The van der Waals surface area contributed by atoms with E-state index in [1.165, 1.54) is 19.3 Å². The summed E-state index contributed by atoms with van der Waals surface area (Å²) in [7, 11) is -2.47. The van der Waals surface area contributed by atoms with Gasteiger partial charge in [0.2, 0.25) is 15.9 Å². The Morgan fingerprint density at radius 2 is 2.22 bits per heavy atom. The predicted octanol–water partition coefficient (Wildman–Crippen LogP) is -0.846. The first-order valence-corrected chi connectivity index (χ1v) is 7.00. The van der Waals surface area contributed by atoms with Gasteiger partial charge in [0.15, 0.2) is 5.82 Å². The van der Waals surface area contributed by atoms with Gasteiger partial charge in [0.1, 0.15) is 4.90 Å². The van der Waals surface area contributed by atoms with Crippen molar-refractivity contribution in [1.82, 2.24) is 15.0 Å². The molecule has 18 heavy (non-hydrogen) atoms. The maximum Gasteiger partial charge on any atom is 0.244 e. The van der Waals surface area contributed by atoms with Gasteiger partial charge in [0.05, 0.1) is 6.54 Å². The molecule has 0 fully saturated rings.